The van der Waals surface area contributed by atoms with Crippen LogP contribution in [-0.4, -0.2) is 10.9 Å². The van der Waals surface area contributed by atoms with Crippen molar-refractivity contribution in [1.29, 1.82) is 5.26 Å². The van der Waals surface area contributed by atoms with Crippen molar-refractivity contribution in [3.05, 3.63) is 21.8 Å². The quantitative estimate of drug-likeness (QED) is 0.738. The van der Waals surface area contributed by atoms with Gasteiger partial charge in [0.1, 0.15) is 17.6 Å². The van der Waals surface area contributed by atoms with Crippen molar-refractivity contribution in [2.45, 2.75) is 6.42 Å². The maximum atomic E-state index is 11.0. The number of amides is 1. The number of carbonyl (C=O) groups excluding carboxylic acids is 1. The zero-order valence-electron chi connectivity index (χ0n) is 6.47. The van der Waals surface area contributed by atoms with Crippen molar-refractivity contribution in [2.24, 2.45) is 0 Å². The van der Waals surface area contributed by atoms with Gasteiger partial charge < -0.3 is 5.32 Å². The monoisotopic (exact) mass is 237 g/mol. The molecule has 2 rings (SSSR count). The summed E-state index contributed by atoms with van der Waals surface area (Å²) in [5.74, 6) is 0.411. The van der Waals surface area contributed by atoms with Crippen molar-refractivity contribution in [3.8, 4) is 6.07 Å². The van der Waals surface area contributed by atoms with Crippen LogP contribution in [0.25, 0.3) is 0 Å². The van der Waals surface area contributed by atoms with E-state index in [0.29, 0.717) is 17.9 Å². The van der Waals surface area contributed by atoms with Crippen molar-refractivity contribution in [1.82, 2.24) is 4.98 Å². The number of hydrogen-bond donors (Lipinski definition) is 1. The molecule has 0 unspecified atom stereocenters. The normalized spacial score (nSPS) is 13.4. The van der Waals surface area contributed by atoms with E-state index in [1.807, 2.05) is 6.07 Å². The van der Waals surface area contributed by atoms with E-state index in [9.17, 15) is 4.79 Å². The number of anilines is 1. The van der Waals surface area contributed by atoms with Crippen LogP contribution >= 0.6 is 15.9 Å². The van der Waals surface area contributed by atoms with E-state index in [-0.39, 0.29) is 5.91 Å². The van der Waals surface area contributed by atoms with Gasteiger partial charge in [0.15, 0.2) is 0 Å². The van der Waals surface area contributed by atoms with Crippen molar-refractivity contribution < 1.29 is 4.79 Å². The Kier molecular flexibility index (Phi) is 1.78. The van der Waals surface area contributed by atoms with E-state index in [2.05, 4.69) is 26.2 Å². The number of hydrogen-bond acceptors (Lipinski definition) is 3. The van der Waals surface area contributed by atoms with Gasteiger partial charge in [-0.1, -0.05) is 15.9 Å². The summed E-state index contributed by atoms with van der Waals surface area (Å²) in [7, 11) is 0. The Morgan fingerprint density at radius 2 is 2.46 bits per heavy atom. The fourth-order valence-corrected chi connectivity index (χ4v) is 1.75. The molecule has 1 aliphatic rings. The minimum Gasteiger partial charge on any atom is -0.310 e. The van der Waals surface area contributed by atoms with Crippen LogP contribution < -0.4 is 5.32 Å². The first-order valence-electron chi connectivity index (χ1n) is 3.60. The first-order valence-corrected chi connectivity index (χ1v) is 4.39. The minimum absolute atomic E-state index is 0.0849. The van der Waals surface area contributed by atoms with Crippen molar-refractivity contribution in [3.63, 3.8) is 0 Å². The lowest BCUT2D eigenvalue weighted by Crippen LogP contribution is -2.04. The number of nitriles is 1. The molecule has 5 heteroatoms. The highest BCUT2D eigenvalue weighted by Gasteiger charge is 2.22. The van der Waals surface area contributed by atoms with E-state index in [1.165, 1.54) is 0 Å². The maximum absolute atomic E-state index is 11.0. The number of aromatic nitrogens is 1. The number of rotatable bonds is 0. The molecule has 0 saturated heterocycles. The Hall–Kier alpha value is -1.41. The molecule has 1 aliphatic heterocycles. The van der Waals surface area contributed by atoms with Gasteiger partial charge in [-0.25, -0.2) is 4.98 Å². The summed E-state index contributed by atoms with van der Waals surface area (Å²) in [6.45, 7) is 0. The number of nitrogens with one attached hydrogen (secondary N) is 1. The second-order valence-corrected chi connectivity index (χ2v) is 3.51. The first-order chi connectivity index (χ1) is 6.20. The molecule has 13 heavy (non-hydrogen) atoms. The van der Waals surface area contributed by atoms with Gasteiger partial charge in [-0.3, -0.25) is 4.79 Å². The third-order valence-electron chi connectivity index (χ3n) is 1.78. The average Bonchev–Trinajstić information content (AvgIpc) is 2.46. The number of halogens is 1. The summed E-state index contributed by atoms with van der Waals surface area (Å²) < 4.78 is 0.757. The molecule has 1 aromatic rings. The molecule has 0 spiro atoms. The third kappa shape index (κ3) is 1.29. The van der Waals surface area contributed by atoms with Gasteiger partial charge in [0.05, 0.1) is 6.42 Å². The number of pyridine rings is 1. The fraction of sp³-hybridized carbons (Fsp3) is 0.125. The molecule has 4 nitrogen and oxygen atoms in total. The Labute approximate surface area is 82.7 Å². The van der Waals surface area contributed by atoms with Crippen LogP contribution in [0.1, 0.15) is 11.3 Å². The van der Waals surface area contributed by atoms with Gasteiger partial charge in [0.2, 0.25) is 5.91 Å². The van der Waals surface area contributed by atoms with Crippen LogP contribution in [0, 0.1) is 11.3 Å². The molecule has 0 aromatic carbocycles. The largest absolute Gasteiger partial charge is 0.310 e. The Bertz CT molecular complexity index is 436. The van der Waals surface area contributed by atoms with Crippen molar-refractivity contribution in [2.75, 3.05) is 5.32 Å². The van der Waals surface area contributed by atoms with Gasteiger partial charge >= 0.3 is 0 Å². The SMILES string of the molecule is N#Cc1cc(Br)c2c(n1)NC(=O)C2. The molecule has 1 amide bonds. The van der Waals surface area contributed by atoms with E-state index in [4.69, 9.17) is 5.26 Å². The summed E-state index contributed by atoms with van der Waals surface area (Å²) >= 11 is 3.28. The van der Waals surface area contributed by atoms with Crippen LogP contribution in [0.2, 0.25) is 0 Å². The van der Waals surface area contributed by atoms with Crippen LogP contribution in [0.15, 0.2) is 10.5 Å². The van der Waals surface area contributed by atoms with E-state index < -0.39 is 0 Å². The maximum Gasteiger partial charge on any atom is 0.230 e. The van der Waals surface area contributed by atoms with E-state index >= 15 is 0 Å². The number of fused-ring (bicyclic) bond motifs is 1. The smallest absolute Gasteiger partial charge is 0.230 e. The molecular formula is C8H4BrN3O. The predicted molar refractivity (Wildman–Crippen MR) is 49.0 cm³/mol. The van der Waals surface area contributed by atoms with Gasteiger partial charge in [0.25, 0.3) is 0 Å². The first kappa shape index (κ1) is 8.20. The highest BCUT2D eigenvalue weighted by Crippen LogP contribution is 2.28. The average molecular weight is 238 g/mol. The van der Waals surface area contributed by atoms with Gasteiger partial charge in [-0.15, -0.1) is 0 Å². The highest BCUT2D eigenvalue weighted by molar-refractivity contribution is 9.10. The molecule has 64 valence electrons. The van der Waals surface area contributed by atoms with Crippen LogP contribution in [0.3, 0.4) is 0 Å². The molecule has 2 heterocycles. The fourth-order valence-electron chi connectivity index (χ4n) is 1.21. The lowest BCUT2D eigenvalue weighted by Gasteiger charge is -1.99. The summed E-state index contributed by atoms with van der Waals surface area (Å²) in [6.07, 6.45) is 0.328. The molecular weight excluding hydrogens is 234 g/mol. The molecule has 0 aliphatic carbocycles. The summed E-state index contributed by atoms with van der Waals surface area (Å²) in [4.78, 5) is 15.0. The molecule has 1 aromatic heterocycles. The van der Waals surface area contributed by atoms with Gasteiger partial charge in [0, 0.05) is 10.0 Å². The van der Waals surface area contributed by atoms with E-state index in [1.54, 1.807) is 6.07 Å². The summed E-state index contributed by atoms with van der Waals surface area (Å²) in [6, 6.07) is 3.53. The lowest BCUT2D eigenvalue weighted by atomic mass is 10.2. The standard InChI is InChI=1S/C8H4BrN3O/c9-6-1-4(3-10)11-8-5(6)2-7(13)12-8/h1H,2H2,(H,11,12,13). The minimum atomic E-state index is -0.0849. The Balaban J connectivity index is 2.60. The summed E-state index contributed by atoms with van der Waals surface area (Å²) in [5.41, 5.74) is 1.12. The van der Waals surface area contributed by atoms with Crippen LogP contribution in [0.4, 0.5) is 5.82 Å². The second-order valence-electron chi connectivity index (χ2n) is 2.65. The Morgan fingerprint density at radius 3 is 3.15 bits per heavy atom. The van der Waals surface area contributed by atoms with Gasteiger partial charge in [-0.2, -0.15) is 5.26 Å². The van der Waals surface area contributed by atoms with Crippen LogP contribution in [0.5, 0.6) is 0 Å². The van der Waals surface area contributed by atoms with Crippen LogP contribution in [-0.2, 0) is 11.2 Å². The molecule has 0 bridgehead atoms. The Morgan fingerprint density at radius 1 is 1.69 bits per heavy atom. The lowest BCUT2D eigenvalue weighted by molar-refractivity contribution is -0.115. The summed E-state index contributed by atoms with van der Waals surface area (Å²) in [5, 5.41) is 11.2. The molecule has 0 saturated carbocycles. The molecule has 1 N–H and O–H groups in total. The molecule has 0 radical (unpaired) electrons. The van der Waals surface area contributed by atoms with E-state index in [0.717, 1.165) is 10.0 Å². The van der Waals surface area contributed by atoms with Crippen molar-refractivity contribution >= 4 is 27.7 Å². The number of carbonyl (C=O) groups is 1. The predicted octanol–water partition coefficient (Wildman–Crippen LogP) is 1.21. The molecule has 0 fully saturated rings. The highest BCUT2D eigenvalue weighted by atomic mass is 79.9. The molecule has 0 atom stereocenters. The zero-order chi connectivity index (χ0) is 9.42. The third-order valence-corrected chi connectivity index (χ3v) is 2.49. The van der Waals surface area contributed by atoms with Gasteiger partial charge in [-0.05, 0) is 6.07 Å². The number of nitrogens with zero attached hydrogens (tertiary/aromatic N) is 2. The topological polar surface area (TPSA) is 65.8 Å². The zero-order valence-corrected chi connectivity index (χ0v) is 8.05. The second kappa shape index (κ2) is 2.82.